The summed E-state index contributed by atoms with van der Waals surface area (Å²) in [5, 5.41) is 7.35. The Balaban J connectivity index is 1.32. The molecule has 6 nitrogen and oxygen atoms in total. The number of carbonyl (C=O) groups is 1. The van der Waals surface area contributed by atoms with Crippen LogP contribution in [-0.4, -0.2) is 33.3 Å². The molecule has 2 heterocycles. The van der Waals surface area contributed by atoms with Crippen molar-refractivity contribution < 1.29 is 18.3 Å². The third-order valence-corrected chi connectivity index (χ3v) is 5.94. The largest absolute Gasteiger partial charge is 0.363 e. The van der Waals surface area contributed by atoms with Crippen LogP contribution < -0.4 is 5.32 Å². The van der Waals surface area contributed by atoms with E-state index >= 15 is 0 Å². The summed E-state index contributed by atoms with van der Waals surface area (Å²) in [7, 11) is 0. The van der Waals surface area contributed by atoms with Crippen LogP contribution in [0, 0.1) is 11.6 Å². The highest BCUT2D eigenvalue weighted by Gasteiger charge is 2.30. The lowest BCUT2D eigenvalue weighted by Gasteiger charge is -2.23. The fourth-order valence-electron chi connectivity index (χ4n) is 4.33. The summed E-state index contributed by atoms with van der Waals surface area (Å²) >= 11 is 0. The van der Waals surface area contributed by atoms with Crippen molar-refractivity contribution in [3.8, 4) is 0 Å². The molecule has 3 aromatic rings. The standard InChI is InChI=1S/C23H22F2N4O2/c24-16-8-5-14-6-9-17(10-7-15(14)13-16)26-23(30)21-27-22-20(31-12-11-29(22)28-21)18-3-1-2-4-19(18)25/h1-5,8,13,17,20H,6-7,9-12H2,(H,26,30)/t17-,20+/m1/s1. The Labute approximate surface area is 178 Å². The summed E-state index contributed by atoms with van der Waals surface area (Å²) in [5.41, 5.74) is 2.49. The van der Waals surface area contributed by atoms with Crippen molar-refractivity contribution >= 4 is 5.91 Å². The zero-order valence-corrected chi connectivity index (χ0v) is 16.9. The molecule has 0 spiro atoms. The minimum atomic E-state index is -0.703. The van der Waals surface area contributed by atoms with Crippen LogP contribution >= 0.6 is 0 Å². The Hall–Kier alpha value is -3.13. The van der Waals surface area contributed by atoms with Gasteiger partial charge in [0, 0.05) is 11.6 Å². The first-order valence-corrected chi connectivity index (χ1v) is 10.5. The quantitative estimate of drug-likeness (QED) is 0.655. The van der Waals surface area contributed by atoms with Crippen LogP contribution in [0.2, 0.25) is 0 Å². The van der Waals surface area contributed by atoms with Crippen LogP contribution in [0.15, 0.2) is 42.5 Å². The predicted molar refractivity (Wildman–Crippen MR) is 109 cm³/mol. The maximum Gasteiger partial charge on any atom is 0.291 e. The smallest absolute Gasteiger partial charge is 0.291 e. The lowest BCUT2D eigenvalue weighted by Crippen LogP contribution is -2.35. The van der Waals surface area contributed by atoms with Gasteiger partial charge in [-0.15, -0.1) is 5.10 Å². The van der Waals surface area contributed by atoms with Gasteiger partial charge in [-0.05, 0) is 55.0 Å². The van der Waals surface area contributed by atoms with E-state index in [-0.39, 0.29) is 29.4 Å². The third kappa shape index (κ3) is 3.95. The number of aryl methyl sites for hydroxylation is 2. The molecule has 5 rings (SSSR count). The van der Waals surface area contributed by atoms with Crippen molar-refractivity contribution in [2.75, 3.05) is 6.61 Å². The molecule has 1 aliphatic carbocycles. The van der Waals surface area contributed by atoms with E-state index in [4.69, 9.17) is 4.74 Å². The second-order valence-corrected chi connectivity index (χ2v) is 7.95. The predicted octanol–water partition coefficient (Wildman–Crippen LogP) is 3.35. The molecule has 0 fully saturated rings. The lowest BCUT2D eigenvalue weighted by atomic mass is 10.0. The van der Waals surface area contributed by atoms with Crippen LogP contribution in [0.4, 0.5) is 8.78 Å². The summed E-state index contributed by atoms with van der Waals surface area (Å²) in [6.45, 7) is 0.804. The van der Waals surface area contributed by atoms with Gasteiger partial charge in [0.15, 0.2) is 5.82 Å². The zero-order chi connectivity index (χ0) is 21.4. The number of benzene rings is 2. The maximum atomic E-state index is 14.3. The van der Waals surface area contributed by atoms with E-state index in [1.807, 2.05) is 6.07 Å². The number of aromatic nitrogens is 3. The van der Waals surface area contributed by atoms with Crippen LogP contribution in [0.5, 0.6) is 0 Å². The fraction of sp³-hybridized carbons (Fsp3) is 0.348. The second kappa shape index (κ2) is 8.19. The van der Waals surface area contributed by atoms with Crippen molar-refractivity contribution in [2.45, 2.75) is 44.4 Å². The van der Waals surface area contributed by atoms with Gasteiger partial charge in [-0.25, -0.2) is 18.4 Å². The van der Waals surface area contributed by atoms with Gasteiger partial charge < -0.3 is 10.1 Å². The Bertz CT molecular complexity index is 1130. The molecule has 0 saturated carbocycles. The average molecular weight is 424 g/mol. The van der Waals surface area contributed by atoms with Crippen molar-refractivity contribution in [2.24, 2.45) is 0 Å². The summed E-state index contributed by atoms with van der Waals surface area (Å²) < 4.78 is 35.2. The highest BCUT2D eigenvalue weighted by Crippen LogP contribution is 2.29. The molecule has 0 unspecified atom stereocenters. The summed E-state index contributed by atoms with van der Waals surface area (Å²) in [6, 6.07) is 11.2. The molecule has 0 saturated heterocycles. The van der Waals surface area contributed by atoms with Crippen molar-refractivity contribution in [1.29, 1.82) is 0 Å². The monoisotopic (exact) mass is 424 g/mol. The van der Waals surface area contributed by atoms with Gasteiger partial charge in [-0.1, -0.05) is 24.3 Å². The number of nitrogens with one attached hydrogen (secondary N) is 1. The topological polar surface area (TPSA) is 69.0 Å². The van der Waals surface area contributed by atoms with E-state index < -0.39 is 6.10 Å². The number of ether oxygens (including phenoxy) is 1. The Morgan fingerprint density at radius 1 is 1.10 bits per heavy atom. The van der Waals surface area contributed by atoms with E-state index in [0.717, 1.165) is 30.4 Å². The summed E-state index contributed by atoms with van der Waals surface area (Å²) in [5.74, 6) is -0.513. The van der Waals surface area contributed by atoms with E-state index in [9.17, 15) is 13.6 Å². The van der Waals surface area contributed by atoms with E-state index in [0.29, 0.717) is 31.0 Å². The molecule has 2 atom stereocenters. The number of carbonyl (C=O) groups excluding carboxylic acids is 1. The van der Waals surface area contributed by atoms with Crippen LogP contribution in [0.25, 0.3) is 0 Å². The summed E-state index contributed by atoms with van der Waals surface area (Å²) in [4.78, 5) is 17.2. The minimum absolute atomic E-state index is 0.0506. The van der Waals surface area contributed by atoms with E-state index in [2.05, 4.69) is 15.4 Å². The molecular weight excluding hydrogens is 402 g/mol. The van der Waals surface area contributed by atoms with Gasteiger partial charge in [0.25, 0.3) is 5.91 Å². The van der Waals surface area contributed by atoms with Gasteiger partial charge in [0.05, 0.1) is 13.2 Å². The van der Waals surface area contributed by atoms with Crippen LogP contribution in [0.1, 0.15) is 52.1 Å². The van der Waals surface area contributed by atoms with E-state index in [1.54, 1.807) is 28.9 Å². The number of hydrogen-bond donors (Lipinski definition) is 1. The molecule has 8 heteroatoms. The number of halogens is 2. The number of amides is 1. The number of rotatable bonds is 3. The second-order valence-electron chi connectivity index (χ2n) is 7.95. The Kier molecular flexibility index (Phi) is 5.23. The van der Waals surface area contributed by atoms with Gasteiger partial charge in [0.2, 0.25) is 5.82 Å². The zero-order valence-electron chi connectivity index (χ0n) is 16.9. The van der Waals surface area contributed by atoms with Gasteiger partial charge >= 0.3 is 0 Å². The van der Waals surface area contributed by atoms with E-state index in [1.165, 1.54) is 12.1 Å². The number of hydrogen-bond acceptors (Lipinski definition) is 4. The third-order valence-electron chi connectivity index (χ3n) is 5.94. The molecule has 1 N–H and O–H groups in total. The molecule has 0 bridgehead atoms. The molecule has 1 aromatic heterocycles. The highest BCUT2D eigenvalue weighted by atomic mass is 19.1. The molecule has 2 aliphatic rings. The van der Waals surface area contributed by atoms with Gasteiger partial charge in [-0.2, -0.15) is 0 Å². The van der Waals surface area contributed by atoms with Crippen LogP contribution in [-0.2, 0) is 24.1 Å². The average Bonchev–Trinajstić information content (AvgIpc) is 3.12. The molecule has 0 radical (unpaired) electrons. The van der Waals surface area contributed by atoms with Crippen molar-refractivity contribution in [1.82, 2.24) is 20.1 Å². The van der Waals surface area contributed by atoms with Gasteiger partial charge in [-0.3, -0.25) is 4.79 Å². The normalized spacial score (nSPS) is 20.5. The Morgan fingerprint density at radius 2 is 1.90 bits per heavy atom. The first-order valence-electron chi connectivity index (χ1n) is 10.5. The SMILES string of the molecule is O=C(N[C@@H]1CCc2ccc(F)cc2CC1)c1nc2n(n1)CCO[C@H]2c1ccccc1F. The molecule has 1 amide bonds. The first kappa shape index (κ1) is 19.8. The number of nitrogens with zero attached hydrogens (tertiary/aromatic N) is 3. The summed E-state index contributed by atoms with van der Waals surface area (Å²) in [6.07, 6.45) is 2.26. The molecule has 160 valence electrons. The van der Waals surface area contributed by atoms with Crippen molar-refractivity contribution in [3.05, 3.63) is 82.4 Å². The number of fused-ring (bicyclic) bond motifs is 2. The molecule has 31 heavy (non-hydrogen) atoms. The Morgan fingerprint density at radius 3 is 2.74 bits per heavy atom. The first-order chi connectivity index (χ1) is 15.1. The lowest BCUT2D eigenvalue weighted by molar-refractivity contribution is 0.0369. The molecular formula is C23H22F2N4O2. The fourth-order valence-corrected chi connectivity index (χ4v) is 4.33. The highest BCUT2D eigenvalue weighted by molar-refractivity contribution is 5.90. The minimum Gasteiger partial charge on any atom is -0.363 e. The molecule has 2 aromatic carbocycles. The molecule has 1 aliphatic heterocycles. The van der Waals surface area contributed by atoms with Crippen molar-refractivity contribution in [3.63, 3.8) is 0 Å². The van der Waals surface area contributed by atoms with Crippen LogP contribution in [0.3, 0.4) is 0 Å². The van der Waals surface area contributed by atoms with Gasteiger partial charge in [0.1, 0.15) is 17.7 Å². The maximum absolute atomic E-state index is 14.3.